The van der Waals surface area contributed by atoms with Crippen molar-refractivity contribution < 1.29 is 0 Å². The van der Waals surface area contributed by atoms with Crippen molar-refractivity contribution in [3.8, 4) is 17.3 Å². The van der Waals surface area contributed by atoms with E-state index in [1.807, 2.05) is 25.1 Å². The number of nitriles is 1. The molecule has 0 amide bonds. The summed E-state index contributed by atoms with van der Waals surface area (Å²) >= 11 is 0. The molecule has 1 heterocycles. The van der Waals surface area contributed by atoms with Crippen LogP contribution in [-0.2, 0) is 6.54 Å². The third kappa shape index (κ3) is 3.21. The summed E-state index contributed by atoms with van der Waals surface area (Å²) in [6.07, 6.45) is 0. The fourth-order valence-corrected chi connectivity index (χ4v) is 2.76. The minimum atomic E-state index is 0.361. The second kappa shape index (κ2) is 6.67. The monoisotopic (exact) mass is 316 g/mol. The summed E-state index contributed by atoms with van der Waals surface area (Å²) in [6, 6.07) is 18.7. The quantitative estimate of drug-likeness (QED) is 0.721. The van der Waals surface area contributed by atoms with Crippen molar-refractivity contribution in [2.45, 2.75) is 33.2 Å². The lowest BCUT2D eigenvalue weighted by molar-refractivity contribution is 0.655. The Labute approximate surface area is 142 Å². The number of benzene rings is 2. The van der Waals surface area contributed by atoms with Crippen LogP contribution in [0.3, 0.4) is 0 Å². The van der Waals surface area contributed by atoms with Gasteiger partial charge in [-0.1, -0.05) is 67.1 Å². The number of nitrogens with zero attached hydrogens (tertiary/aromatic N) is 4. The first-order valence-electron chi connectivity index (χ1n) is 8.08. The van der Waals surface area contributed by atoms with Crippen LogP contribution in [0.4, 0.5) is 0 Å². The van der Waals surface area contributed by atoms with E-state index in [0.29, 0.717) is 18.2 Å². The van der Waals surface area contributed by atoms with Crippen molar-refractivity contribution in [2.75, 3.05) is 0 Å². The van der Waals surface area contributed by atoms with Gasteiger partial charge in [-0.25, -0.2) is 4.68 Å². The zero-order valence-electron chi connectivity index (χ0n) is 14.2. The number of aromatic nitrogens is 3. The van der Waals surface area contributed by atoms with Gasteiger partial charge < -0.3 is 0 Å². The predicted octanol–water partition coefficient (Wildman–Crippen LogP) is 4.30. The van der Waals surface area contributed by atoms with Gasteiger partial charge >= 0.3 is 0 Å². The first kappa shape index (κ1) is 15.9. The summed E-state index contributed by atoms with van der Waals surface area (Å²) < 4.78 is 1.80. The van der Waals surface area contributed by atoms with E-state index in [1.165, 1.54) is 5.56 Å². The third-order valence-electron chi connectivity index (χ3n) is 4.11. The SMILES string of the molecule is Cc1cccc(-c2c(C#N)nnn2Cc2ccc(C(C)C)cc2)c1. The first-order chi connectivity index (χ1) is 11.6. The standard InChI is InChI=1S/C20H20N4/c1-14(2)17-9-7-16(8-10-17)13-24-20(19(12-21)22-23-24)18-6-4-5-15(3)11-18/h4-11,14H,13H2,1-3H3. The largest absolute Gasteiger partial charge is 0.239 e. The molecule has 3 aromatic rings. The van der Waals surface area contributed by atoms with E-state index in [-0.39, 0.29) is 0 Å². The molecule has 1 aromatic heterocycles. The van der Waals surface area contributed by atoms with Crippen LogP contribution in [0.25, 0.3) is 11.3 Å². The van der Waals surface area contributed by atoms with Crippen molar-refractivity contribution in [1.29, 1.82) is 5.26 Å². The lowest BCUT2D eigenvalue weighted by Gasteiger charge is -2.09. The van der Waals surface area contributed by atoms with Crippen molar-refractivity contribution in [2.24, 2.45) is 0 Å². The van der Waals surface area contributed by atoms with Crippen LogP contribution in [0, 0.1) is 18.3 Å². The topological polar surface area (TPSA) is 54.5 Å². The molecule has 0 unspecified atom stereocenters. The summed E-state index contributed by atoms with van der Waals surface area (Å²) in [6.45, 7) is 6.99. The normalized spacial score (nSPS) is 10.8. The highest BCUT2D eigenvalue weighted by Gasteiger charge is 2.15. The summed E-state index contributed by atoms with van der Waals surface area (Å²) in [7, 11) is 0. The third-order valence-corrected chi connectivity index (χ3v) is 4.11. The van der Waals surface area contributed by atoms with Crippen molar-refractivity contribution in [3.63, 3.8) is 0 Å². The molecular formula is C20H20N4. The van der Waals surface area contributed by atoms with E-state index in [0.717, 1.165) is 22.4 Å². The molecule has 0 saturated carbocycles. The van der Waals surface area contributed by atoms with Crippen molar-refractivity contribution in [3.05, 3.63) is 70.9 Å². The van der Waals surface area contributed by atoms with Gasteiger partial charge in [0.15, 0.2) is 5.69 Å². The maximum absolute atomic E-state index is 9.36. The van der Waals surface area contributed by atoms with E-state index in [4.69, 9.17) is 0 Å². The van der Waals surface area contributed by atoms with Crippen molar-refractivity contribution >= 4 is 0 Å². The minimum Gasteiger partial charge on any atom is -0.239 e. The van der Waals surface area contributed by atoms with Crippen molar-refractivity contribution in [1.82, 2.24) is 15.0 Å². The molecule has 0 atom stereocenters. The average Bonchev–Trinajstić information content (AvgIpc) is 2.98. The molecule has 4 nitrogen and oxygen atoms in total. The van der Waals surface area contributed by atoms with Gasteiger partial charge in [0.05, 0.1) is 6.54 Å². The molecule has 0 aliphatic heterocycles. The number of hydrogen-bond acceptors (Lipinski definition) is 3. The van der Waals surface area contributed by atoms with E-state index in [1.54, 1.807) is 4.68 Å². The molecule has 0 radical (unpaired) electrons. The van der Waals surface area contributed by atoms with Gasteiger partial charge in [0, 0.05) is 5.56 Å². The summed E-state index contributed by atoms with van der Waals surface area (Å²) in [4.78, 5) is 0. The second-order valence-electron chi connectivity index (χ2n) is 6.32. The fourth-order valence-electron chi connectivity index (χ4n) is 2.76. The van der Waals surface area contributed by atoms with E-state index in [9.17, 15) is 5.26 Å². The molecule has 4 heteroatoms. The van der Waals surface area contributed by atoms with Gasteiger partial charge in [-0.05, 0) is 30.0 Å². The van der Waals surface area contributed by atoms with Gasteiger partial charge in [-0.15, -0.1) is 5.10 Å². The Kier molecular flexibility index (Phi) is 4.43. The molecule has 0 fully saturated rings. The van der Waals surface area contributed by atoms with Crippen LogP contribution in [0.2, 0.25) is 0 Å². The molecule has 0 aliphatic carbocycles. The van der Waals surface area contributed by atoms with Crippen LogP contribution in [0.1, 0.15) is 42.1 Å². The van der Waals surface area contributed by atoms with E-state index in [2.05, 4.69) is 60.6 Å². The number of rotatable bonds is 4. The zero-order valence-corrected chi connectivity index (χ0v) is 14.2. The van der Waals surface area contributed by atoms with Gasteiger partial charge in [-0.3, -0.25) is 0 Å². The molecule has 3 rings (SSSR count). The molecule has 0 N–H and O–H groups in total. The molecule has 24 heavy (non-hydrogen) atoms. The fraction of sp³-hybridized carbons (Fsp3) is 0.250. The predicted molar refractivity (Wildman–Crippen MR) is 94.5 cm³/mol. The van der Waals surface area contributed by atoms with Gasteiger partial charge in [0.25, 0.3) is 0 Å². The second-order valence-corrected chi connectivity index (χ2v) is 6.32. The summed E-state index contributed by atoms with van der Waals surface area (Å²) in [5.41, 5.74) is 5.70. The van der Waals surface area contributed by atoms with Crippen LogP contribution in [-0.4, -0.2) is 15.0 Å². The Balaban J connectivity index is 1.97. The van der Waals surface area contributed by atoms with Crippen LogP contribution >= 0.6 is 0 Å². The lowest BCUT2D eigenvalue weighted by atomic mass is 10.0. The van der Waals surface area contributed by atoms with Crippen LogP contribution < -0.4 is 0 Å². The lowest BCUT2D eigenvalue weighted by Crippen LogP contribution is -2.04. The zero-order chi connectivity index (χ0) is 17.1. The molecule has 0 saturated heterocycles. The minimum absolute atomic E-state index is 0.361. The summed E-state index contributed by atoms with van der Waals surface area (Å²) in [5, 5.41) is 17.6. The Morgan fingerprint density at radius 1 is 1.12 bits per heavy atom. The Morgan fingerprint density at radius 2 is 1.88 bits per heavy atom. The highest BCUT2D eigenvalue weighted by Crippen LogP contribution is 2.24. The van der Waals surface area contributed by atoms with Gasteiger partial charge in [0.2, 0.25) is 0 Å². The molecule has 0 spiro atoms. The van der Waals surface area contributed by atoms with E-state index >= 15 is 0 Å². The van der Waals surface area contributed by atoms with E-state index < -0.39 is 0 Å². The maximum atomic E-state index is 9.36. The number of hydrogen-bond donors (Lipinski definition) is 0. The van der Waals surface area contributed by atoms with Gasteiger partial charge in [-0.2, -0.15) is 5.26 Å². The molecular weight excluding hydrogens is 296 g/mol. The van der Waals surface area contributed by atoms with Crippen LogP contribution in [0.15, 0.2) is 48.5 Å². The molecule has 120 valence electrons. The molecule has 0 aliphatic rings. The maximum Gasteiger partial charge on any atom is 0.190 e. The summed E-state index contributed by atoms with van der Waals surface area (Å²) in [5.74, 6) is 0.512. The number of aryl methyl sites for hydroxylation is 1. The smallest absolute Gasteiger partial charge is 0.190 e. The molecule has 2 aromatic carbocycles. The Bertz CT molecular complexity index is 883. The highest BCUT2D eigenvalue weighted by atomic mass is 15.4. The Hall–Kier alpha value is -2.93. The Morgan fingerprint density at radius 3 is 2.50 bits per heavy atom. The first-order valence-corrected chi connectivity index (χ1v) is 8.08. The average molecular weight is 316 g/mol. The van der Waals surface area contributed by atoms with Gasteiger partial charge in [0.1, 0.15) is 11.8 Å². The molecule has 0 bridgehead atoms. The van der Waals surface area contributed by atoms with Crippen LogP contribution in [0.5, 0.6) is 0 Å². The highest BCUT2D eigenvalue weighted by molar-refractivity contribution is 5.65.